The third kappa shape index (κ3) is 11.7. The Balaban J connectivity index is 0. The average Bonchev–Trinajstić information content (AvgIpc) is 2.37. The molecule has 0 amide bonds. The van der Waals surface area contributed by atoms with Crippen LogP contribution in [0.3, 0.4) is 0 Å². The Kier molecular flexibility index (Phi) is 15.7. The first kappa shape index (κ1) is 25.5. The van der Waals surface area contributed by atoms with Crippen LogP contribution in [0.2, 0.25) is 0 Å². The predicted octanol–water partition coefficient (Wildman–Crippen LogP) is -7.06. The van der Waals surface area contributed by atoms with Crippen LogP contribution in [0.1, 0.15) is 11.1 Å². The molecule has 0 saturated heterocycles. The fourth-order valence-electron chi connectivity index (χ4n) is 1.96. The van der Waals surface area contributed by atoms with Gasteiger partial charge < -0.3 is 24.6 Å². The van der Waals surface area contributed by atoms with E-state index in [9.17, 15) is 14.4 Å². The molecule has 0 aliphatic rings. The van der Waals surface area contributed by atoms with Crippen LogP contribution >= 0.6 is 7.60 Å². The summed E-state index contributed by atoms with van der Waals surface area (Å²) in [5.74, 6) is 0. The molecule has 22 heavy (non-hydrogen) atoms. The van der Waals surface area contributed by atoms with Gasteiger partial charge in [0.15, 0.2) is 0 Å². The van der Waals surface area contributed by atoms with Crippen LogP contribution in [0.4, 0.5) is 0 Å². The molecule has 2 N–H and O–H groups in total. The SMILES string of the molecule is O=P([O-])([O-])CCc1cccc(CN(CCO)CCO)c1.[Na+].[Na+]. The van der Waals surface area contributed by atoms with Crippen molar-refractivity contribution in [2.24, 2.45) is 0 Å². The number of hydrogen-bond acceptors (Lipinski definition) is 6. The second kappa shape index (κ2) is 13.5. The number of aliphatic hydroxyl groups is 2. The van der Waals surface area contributed by atoms with Gasteiger partial charge in [-0.05, 0) is 23.7 Å². The Morgan fingerprint density at radius 2 is 1.59 bits per heavy atom. The number of nitrogens with zero attached hydrogens (tertiary/aromatic N) is 1. The van der Waals surface area contributed by atoms with Gasteiger partial charge in [0.05, 0.1) is 13.2 Å². The summed E-state index contributed by atoms with van der Waals surface area (Å²) in [4.78, 5) is 23.2. The van der Waals surface area contributed by atoms with E-state index in [2.05, 4.69) is 0 Å². The van der Waals surface area contributed by atoms with E-state index in [-0.39, 0.29) is 84.9 Å². The number of hydrogen-bond donors (Lipinski definition) is 2. The van der Waals surface area contributed by atoms with Crippen molar-refractivity contribution in [3.8, 4) is 0 Å². The summed E-state index contributed by atoms with van der Waals surface area (Å²) in [5.41, 5.74) is 1.75. The Labute approximate surface area is 175 Å². The number of aryl methyl sites for hydroxylation is 1. The second-order valence-electron chi connectivity index (χ2n) is 4.63. The summed E-state index contributed by atoms with van der Waals surface area (Å²) < 4.78 is 10.6. The molecule has 1 aromatic carbocycles. The van der Waals surface area contributed by atoms with E-state index >= 15 is 0 Å². The normalized spacial score (nSPS) is 11.0. The Morgan fingerprint density at radius 1 is 1.05 bits per heavy atom. The Bertz CT molecular complexity index is 452. The molecule has 0 unspecified atom stereocenters. The van der Waals surface area contributed by atoms with Crippen molar-refractivity contribution in [1.82, 2.24) is 4.90 Å². The zero-order valence-corrected chi connectivity index (χ0v) is 18.2. The van der Waals surface area contributed by atoms with Crippen molar-refractivity contribution in [2.45, 2.75) is 13.0 Å². The maximum absolute atomic E-state index is 10.6. The van der Waals surface area contributed by atoms with Crippen molar-refractivity contribution >= 4 is 7.60 Å². The minimum atomic E-state index is -4.47. The van der Waals surface area contributed by atoms with Gasteiger partial charge in [0.25, 0.3) is 0 Å². The van der Waals surface area contributed by atoms with E-state index in [0.29, 0.717) is 19.6 Å². The molecule has 0 heterocycles. The summed E-state index contributed by atoms with van der Waals surface area (Å²) in [7, 11) is -4.47. The van der Waals surface area contributed by atoms with Crippen LogP contribution in [0, 0.1) is 0 Å². The zero-order chi connectivity index (χ0) is 15.0. The van der Waals surface area contributed by atoms with Crippen LogP contribution < -0.4 is 68.9 Å². The maximum atomic E-state index is 10.6. The first-order valence-corrected chi connectivity index (χ1v) is 8.20. The van der Waals surface area contributed by atoms with Gasteiger partial charge in [-0.2, -0.15) is 0 Å². The third-order valence-electron chi connectivity index (χ3n) is 2.90. The number of aliphatic hydroxyl groups excluding tert-OH is 2. The predicted molar refractivity (Wildman–Crippen MR) is 72.1 cm³/mol. The van der Waals surface area contributed by atoms with E-state index in [1.54, 1.807) is 12.1 Å². The zero-order valence-electron chi connectivity index (χ0n) is 13.3. The monoisotopic (exact) mass is 347 g/mol. The standard InChI is InChI=1S/C13H22NO5P.2Na/c15-7-5-14(6-8-16)11-13-3-1-2-12(10-13)4-9-20(17,18)19;;/h1-3,10,15-16H,4-9,11H2,(H2,17,18,19);;/q;2*+1/p-2. The van der Waals surface area contributed by atoms with Gasteiger partial charge in [0, 0.05) is 19.6 Å². The van der Waals surface area contributed by atoms with Crippen molar-refractivity contribution < 1.29 is 83.7 Å². The van der Waals surface area contributed by atoms with E-state index in [0.717, 1.165) is 11.1 Å². The fourth-order valence-corrected chi connectivity index (χ4v) is 2.49. The van der Waals surface area contributed by atoms with Crippen molar-refractivity contribution in [1.29, 1.82) is 0 Å². The van der Waals surface area contributed by atoms with Gasteiger partial charge in [0.2, 0.25) is 0 Å². The minimum absolute atomic E-state index is 0. The first-order valence-electron chi connectivity index (χ1n) is 6.47. The van der Waals surface area contributed by atoms with Crippen molar-refractivity contribution in [3.63, 3.8) is 0 Å². The maximum Gasteiger partial charge on any atom is 1.00 e. The molecule has 114 valence electrons. The van der Waals surface area contributed by atoms with Gasteiger partial charge in [0.1, 0.15) is 0 Å². The molecule has 0 aliphatic heterocycles. The average molecular weight is 347 g/mol. The quantitative estimate of drug-likeness (QED) is 0.340. The van der Waals surface area contributed by atoms with Crippen molar-refractivity contribution in [3.05, 3.63) is 35.4 Å². The van der Waals surface area contributed by atoms with Gasteiger partial charge in [-0.25, -0.2) is 0 Å². The molecule has 0 saturated carbocycles. The minimum Gasteiger partial charge on any atom is -0.811 e. The molecule has 6 nitrogen and oxygen atoms in total. The van der Waals surface area contributed by atoms with Crippen LogP contribution in [0.5, 0.6) is 0 Å². The Morgan fingerprint density at radius 3 is 2.09 bits per heavy atom. The molecule has 0 fully saturated rings. The summed E-state index contributed by atoms with van der Waals surface area (Å²) >= 11 is 0. The van der Waals surface area contributed by atoms with Crippen molar-refractivity contribution in [2.75, 3.05) is 32.5 Å². The molecule has 9 heteroatoms. The molecule has 1 rings (SSSR count). The first-order chi connectivity index (χ1) is 9.44. The summed E-state index contributed by atoms with van der Waals surface area (Å²) in [6.07, 6.45) is -0.175. The molecule has 0 radical (unpaired) electrons. The van der Waals surface area contributed by atoms with Crippen LogP contribution in [-0.2, 0) is 17.5 Å². The molecular formula is C13H20NNa2O5P. The second-order valence-corrected chi connectivity index (χ2v) is 6.30. The molecule has 0 aliphatic carbocycles. The molecular weight excluding hydrogens is 327 g/mol. The van der Waals surface area contributed by atoms with E-state index in [4.69, 9.17) is 10.2 Å². The smallest absolute Gasteiger partial charge is 0.811 e. The van der Waals surface area contributed by atoms with Crippen LogP contribution in [0.15, 0.2) is 24.3 Å². The van der Waals surface area contributed by atoms with Gasteiger partial charge in [-0.3, -0.25) is 4.90 Å². The largest absolute Gasteiger partial charge is 1.00 e. The van der Waals surface area contributed by atoms with Crippen LogP contribution in [0.25, 0.3) is 0 Å². The summed E-state index contributed by atoms with van der Waals surface area (Å²) in [5, 5.41) is 17.9. The third-order valence-corrected chi connectivity index (χ3v) is 3.68. The topological polar surface area (TPSA) is 107 Å². The van der Waals surface area contributed by atoms with E-state index in [1.807, 2.05) is 17.0 Å². The molecule has 0 atom stereocenters. The van der Waals surface area contributed by atoms with Gasteiger partial charge >= 0.3 is 59.1 Å². The Hall–Kier alpha value is 1.25. The summed E-state index contributed by atoms with van der Waals surface area (Å²) in [6, 6.07) is 7.32. The molecule has 0 aromatic heterocycles. The molecule has 1 aromatic rings. The van der Waals surface area contributed by atoms with Crippen LogP contribution in [-0.4, -0.2) is 47.6 Å². The van der Waals surface area contributed by atoms with E-state index in [1.165, 1.54) is 0 Å². The molecule has 0 spiro atoms. The fraction of sp³-hybridized carbons (Fsp3) is 0.538. The van der Waals surface area contributed by atoms with E-state index < -0.39 is 7.60 Å². The molecule has 0 bridgehead atoms. The summed E-state index contributed by atoms with van der Waals surface area (Å²) in [6.45, 7) is 1.49. The van der Waals surface area contributed by atoms with Gasteiger partial charge in [-0.1, -0.05) is 31.9 Å². The van der Waals surface area contributed by atoms with Gasteiger partial charge in [-0.15, -0.1) is 0 Å². The number of rotatable bonds is 9. The number of benzene rings is 1.